The van der Waals surface area contributed by atoms with E-state index in [1.165, 1.54) is 0 Å². The normalized spacial score (nSPS) is 21.8. The van der Waals surface area contributed by atoms with Crippen molar-refractivity contribution < 1.29 is 4.74 Å². The van der Waals surface area contributed by atoms with Crippen LogP contribution in [0.3, 0.4) is 0 Å². The molecular weight excluding hydrogens is 282 g/mol. The van der Waals surface area contributed by atoms with E-state index in [-0.39, 0.29) is 6.10 Å². The van der Waals surface area contributed by atoms with Crippen molar-refractivity contribution in [1.82, 2.24) is 9.97 Å². The molecule has 2 heterocycles. The molecule has 0 amide bonds. The van der Waals surface area contributed by atoms with Gasteiger partial charge in [-0.2, -0.15) is 0 Å². The Bertz CT molecular complexity index is 619. The number of fused-ring (bicyclic) bond motifs is 1. The number of ether oxygens (including phenoxy) is 1. The molecule has 3 rings (SSSR count). The van der Waals surface area contributed by atoms with Crippen molar-refractivity contribution in [2.75, 3.05) is 18.5 Å². The fourth-order valence-corrected chi connectivity index (χ4v) is 3.67. The maximum Gasteiger partial charge on any atom is 0.224 e. The molecule has 21 heavy (non-hydrogen) atoms. The summed E-state index contributed by atoms with van der Waals surface area (Å²) in [6.45, 7) is 6.03. The molecule has 1 aliphatic heterocycles. The van der Waals surface area contributed by atoms with E-state index in [1.807, 2.05) is 30.0 Å². The van der Waals surface area contributed by atoms with Crippen LogP contribution in [-0.4, -0.2) is 34.5 Å². The highest BCUT2D eigenvalue weighted by Crippen LogP contribution is 2.35. The molecule has 0 aliphatic carbocycles. The molecule has 2 unspecified atom stereocenters. The van der Waals surface area contributed by atoms with Crippen molar-refractivity contribution in [2.45, 2.75) is 43.1 Å². The van der Waals surface area contributed by atoms with E-state index in [0.29, 0.717) is 5.25 Å². The third-order valence-corrected chi connectivity index (χ3v) is 5.13. The molecule has 0 spiro atoms. The van der Waals surface area contributed by atoms with Gasteiger partial charge in [-0.1, -0.05) is 36.9 Å². The van der Waals surface area contributed by atoms with Gasteiger partial charge in [0.25, 0.3) is 0 Å². The number of rotatable bonds is 5. The Kier molecular flexibility index (Phi) is 4.60. The van der Waals surface area contributed by atoms with Crippen molar-refractivity contribution >= 4 is 28.6 Å². The molecule has 0 radical (unpaired) electrons. The topological polar surface area (TPSA) is 47.0 Å². The molecule has 1 aliphatic rings. The lowest BCUT2D eigenvalue weighted by Gasteiger charge is -2.15. The Labute approximate surface area is 129 Å². The van der Waals surface area contributed by atoms with Crippen LogP contribution in [0.1, 0.15) is 26.7 Å². The largest absolute Gasteiger partial charge is 0.377 e. The molecule has 0 bridgehead atoms. The standard InChI is InChI=1S/C16H21N3OS/c1-3-9-17-16-18-13-7-5-4-6-12(13)15(19-16)21-14-8-10-20-11(14)2/h4-7,11,14H,3,8-10H2,1-2H3,(H,17,18,19). The van der Waals surface area contributed by atoms with Crippen molar-refractivity contribution in [3.8, 4) is 0 Å². The number of hydrogen-bond donors (Lipinski definition) is 1. The van der Waals surface area contributed by atoms with Gasteiger partial charge in [-0.25, -0.2) is 9.97 Å². The molecule has 0 saturated carbocycles. The summed E-state index contributed by atoms with van der Waals surface area (Å²) in [5.41, 5.74) is 1.00. The predicted octanol–water partition coefficient (Wildman–Crippen LogP) is 3.72. The summed E-state index contributed by atoms with van der Waals surface area (Å²) in [4.78, 5) is 9.32. The zero-order valence-corrected chi connectivity index (χ0v) is 13.3. The van der Waals surface area contributed by atoms with Crippen molar-refractivity contribution in [1.29, 1.82) is 0 Å². The number of nitrogens with zero attached hydrogens (tertiary/aromatic N) is 2. The van der Waals surface area contributed by atoms with E-state index in [4.69, 9.17) is 9.72 Å². The monoisotopic (exact) mass is 303 g/mol. The van der Waals surface area contributed by atoms with Gasteiger partial charge < -0.3 is 10.1 Å². The maximum atomic E-state index is 5.66. The second-order valence-electron chi connectivity index (χ2n) is 5.32. The fraction of sp³-hybridized carbons (Fsp3) is 0.500. The fourth-order valence-electron chi connectivity index (χ4n) is 2.46. The van der Waals surface area contributed by atoms with Crippen LogP contribution < -0.4 is 5.32 Å². The Morgan fingerprint density at radius 2 is 2.19 bits per heavy atom. The first-order chi connectivity index (χ1) is 10.3. The van der Waals surface area contributed by atoms with Crippen LogP contribution in [0.15, 0.2) is 29.3 Å². The van der Waals surface area contributed by atoms with Crippen molar-refractivity contribution in [2.24, 2.45) is 0 Å². The molecule has 4 nitrogen and oxygen atoms in total. The minimum atomic E-state index is 0.288. The van der Waals surface area contributed by atoms with Crippen LogP contribution in [0.4, 0.5) is 5.95 Å². The Morgan fingerprint density at radius 3 is 2.95 bits per heavy atom. The van der Waals surface area contributed by atoms with Crippen LogP contribution in [0.25, 0.3) is 10.9 Å². The number of thioether (sulfide) groups is 1. The van der Waals surface area contributed by atoms with Gasteiger partial charge in [0, 0.05) is 23.8 Å². The average Bonchev–Trinajstić information content (AvgIpc) is 2.90. The van der Waals surface area contributed by atoms with Gasteiger partial charge in [0.05, 0.1) is 11.6 Å². The van der Waals surface area contributed by atoms with Gasteiger partial charge in [0.2, 0.25) is 5.95 Å². The first kappa shape index (κ1) is 14.6. The van der Waals surface area contributed by atoms with Gasteiger partial charge in [-0.3, -0.25) is 0 Å². The van der Waals surface area contributed by atoms with E-state index in [1.54, 1.807) is 0 Å². The van der Waals surface area contributed by atoms with E-state index >= 15 is 0 Å². The lowest BCUT2D eigenvalue weighted by atomic mass is 10.2. The first-order valence-electron chi connectivity index (χ1n) is 7.57. The number of nitrogens with one attached hydrogen (secondary N) is 1. The van der Waals surface area contributed by atoms with E-state index in [0.717, 1.165) is 47.9 Å². The molecule has 2 aromatic rings. The molecule has 1 aromatic heterocycles. The summed E-state index contributed by atoms with van der Waals surface area (Å²) in [7, 11) is 0. The van der Waals surface area contributed by atoms with Crippen LogP contribution >= 0.6 is 11.8 Å². The highest BCUT2D eigenvalue weighted by molar-refractivity contribution is 8.00. The van der Waals surface area contributed by atoms with E-state index in [9.17, 15) is 0 Å². The number of aromatic nitrogens is 2. The quantitative estimate of drug-likeness (QED) is 0.853. The molecule has 1 fully saturated rings. The van der Waals surface area contributed by atoms with Crippen molar-refractivity contribution in [3.05, 3.63) is 24.3 Å². The number of para-hydroxylation sites is 1. The smallest absolute Gasteiger partial charge is 0.224 e. The molecule has 1 saturated heterocycles. The van der Waals surface area contributed by atoms with Crippen LogP contribution in [0, 0.1) is 0 Å². The van der Waals surface area contributed by atoms with Gasteiger partial charge >= 0.3 is 0 Å². The summed E-state index contributed by atoms with van der Waals surface area (Å²) < 4.78 is 5.66. The maximum absolute atomic E-state index is 5.66. The molecule has 2 atom stereocenters. The van der Waals surface area contributed by atoms with Gasteiger partial charge in [0.15, 0.2) is 0 Å². The van der Waals surface area contributed by atoms with Crippen LogP contribution in [-0.2, 0) is 4.74 Å². The van der Waals surface area contributed by atoms with Crippen molar-refractivity contribution in [3.63, 3.8) is 0 Å². The molecule has 1 aromatic carbocycles. The highest BCUT2D eigenvalue weighted by Gasteiger charge is 2.26. The van der Waals surface area contributed by atoms with E-state index < -0.39 is 0 Å². The lowest BCUT2D eigenvalue weighted by Crippen LogP contribution is -2.14. The van der Waals surface area contributed by atoms with E-state index in [2.05, 4.69) is 30.2 Å². The third kappa shape index (κ3) is 3.30. The zero-order valence-electron chi connectivity index (χ0n) is 12.5. The summed E-state index contributed by atoms with van der Waals surface area (Å²) in [5.74, 6) is 0.726. The van der Waals surface area contributed by atoms with Gasteiger partial charge in [0.1, 0.15) is 5.03 Å². The van der Waals surface area contributed by atoms with Gasteiger partial charge in [-0.05, 0) is 25.8 Å². The molecular formula is C16H21N3OS. The van der Waals surface area contributed by atoms with Crippen LogP contribution in [0.2, 0.25) is 0 Å². The Balaban J connectivity index is 1.93. The summed E-state index contributed by atoms with van der Waals surface area (Å²) in [5, 5.41) is 5.96. The highest BCUT2D eigenvalue weighted by atomic mass is 32.2. The second-order valence-corrected chi connectivity index (χ2v) is 6.55. The second kappa shape index (κ2) is 6.62. The zero-order chi connectivity index (χ0) is 14.7. The summed E-state index contributed by atoms with van der Waals surface area (Å²) >= 11 is 1.82. The number of benzene rings is 1. The molecule has 5 heteroatoms. The minimum absolute atomic E-state index is 0.288. The SMILES string of the molecule is CCCNc1nc(SC2CCOC2C)c2ccccc2n1. The van der Waals surface area contributed by atoms with Gasteiger partial charge in [-0.15, -0.1) is 0 Å². The third-order valence-electron chi connectivity index (χ3n) is 3.67. The number of hydrogen-bond acceptors (Lipinski definition) is 5. The summed E-state index contributed by atoms with van der Waals surface area (Å²) in [6.07, 6.45) is 2.43. The lowest BCUT2D eigenvalue weighted by molar-refractivity contribution is 0.127. The number of anilines is 1. The first-order valence-corrected chi connectivity index (χ1v) is 8.45. The Morgan fingerprint density at radius 1 is 1.33 bits per heavy atom. The molecule has 1 N–H and O–H groups in total. The predicted molar refractivity (Wildman–Crippen MR) is 88.0 cm³/mol. The van der Waals surface area contributed by atoms with Crippen LogP contribution in [0.5, 0.6) is 0 Å². The molecule has 112 valence electrons. The Hall–Kier alpha value is -1.33. The minimum Gasteiger partial charge on any atom is -0.377 e. The summed E-state index contributed by atoms with van der Waals surface area (Å²) in [6, 6.07) is 8.21. The average molecular weight is 303 g/mol.